The molecule has 2 N–H and O–H groups in total. The highest BCUT2D eigenvalue weighted by Crippen LogP contribution is 2.31. The van der Waals surface area contributed by atoms with Gasteiger partial charge < -0.3 is 14.8 Å². The fourth-order valence-corrected chi connectivity index (χ4v) is 3.30. The van der Waals surface area contributed by atoms with E-state index < -0.39 is 0 Å². The van der Waals surface area contributed by atoms with Gasteiger partial charge in [-0.15, -0.1) is 12.4 Å². The maximum atomic E-state index is 8.71. The van der Waals surface area contributed by atoms with E-state index in [9.17, 15) is 0 Å². The van der Waals surface area contributed by atoms with Crippen molar-refractivity contribution in [2.75, 3.05) is 13.2 Å². The maximum Gasteiger partial charge on any atom is 0.135 e. The van der Waals surface area contributed by atoms with Crippen molar-refractivity contribution in [2.24, 2.45) is 0 Å². The minimum atomic E-state index is 0. The Morgan fingerprint density at radius 2 is 1.86 bits per heavy atom. The number of aliphatic hydroxyl groups excluding tert-OH is 1. The van der Waals surface area contributed by atoms with Gasteiger partial charge in [-0.2, -0.15) is 0 Å². The minimum Gasteiger partial charge on any atom is -0.460 e. The summed E-state index contributed by atoms with van der Waals surface area (Å²) in [5.41, 5.74) is 1.05. The second-order valence-electron chi connectivity index (χ2n) is 4.85. The smallest absolute Gasteiger partial charge is 0.135 e. The monoisotopic (exact) mass is 451 g/mol. The third-order valence-electron chi connectivity index (χ3n) is 3.17. The first kappa shape index (κ1) is 19.7. The lowest BCUT2D eigenvalue weighted by Crippen LogP contribution is -2.14. The Hall–Kier alpha value is -0.330. The zero-order valence-electron chi connectivity index (χ0n) is 12.1. The Kier molecular flexibility index (Phi) is 9.36. The van der Waals surface area contributed by atoms with Crippen molar-refractivity contribution in [2.45, 2.75) is 25.8 Å². The van der Waals surface area contributed by atoms with E-state index in [4.69, 9.17) is 9.52 Å². The van der Waals surface area contributed by atoms with Crippen molar-refractivity contribution in [3.63, 3.8) is 0 Å². The van der Waals surface area contributed by atoms with Crippen LogP contribution in [0.4, 0.5) is 0 Å². The van der Waals surface area contributed by atoms with Gasteiger partial charge in [0.1, 0.15) is 11.5 Å². The number of halogens is 3. The molecule has 0 saturated heterocycles. The second-order valence-corrected chi connectivity index (χ2v) is 6.62. The molecular weight excluding hydrogens is 433 g/mol. The quantitative estimate of drug-likeness (QED) is 0.544. The topological polar surface area (TPSA) is 45.4 Å². The Balaban J connectivity index is 0.00000242. The fourth-order valence-electron chi connectivity index (χ4n) is 2.06. The van der Waals surface area contributed by atoms with Gasteiger partial charge in [-0.25, -0.2) is 0 Å². The zero-order chi connectivity index (χ0) is 15.1. The summed E-state index contributed by atoms with van der Waals surface area (Å²) in [6.45, 7) is 1.95. The Labute approximate surface area is 154 Å². The van der Waals surface area contributed by atoms with Crippen LogP contribution in [0.1, 0.15) is 25.0 Å². The first-order valence-corrected chi connectivity index (χ1v) is 8.65. The number of hydrogen-bond donors (Lipinski definition) is 2. The van der Waals surface area contributed by atoms with E-state index in [2.05, 4.69) is 37.2 Å². The van der Waals surface area contributed by atoms with Crippen molar-refractivity contribution >= 4 is 44.3 Å². The molecule has 0 unspecified atom stereocenters. The SMILES string of the molecule is Cl.OCCCCCNCc1ccc(-c2ccc(Br)cc2Br)o1. The normalized spacial score (nSPS) is 10.5. The molecule has 22 heavy (non-hydrogen) atoms. The molecule has 0 saturated carbocycles. The highest BCUT2D eigenvalue weighted by atomic mass is 79.9. The number of furan rings is 1. The predicted octanol–water partition coefficient (Wildman–Crippen LogP) is 5.15. The Bertz CT molecular complexity index is 575. The van der Waals surface area contributed by atoms with Crippen molar-refractivity contribution in [3.05, 3.63) is 45.0 Å². The highest BCUT2D eigenvalue weighted by molar-refractivity contribution is 9.11. The van der Waals surface area contributed by atoms with Gasteiger partial charge in [-0.1, -0.05) is 15.9 Å². The summed E-state index contributed by atoms with van der Waals surface area (Å²) in [6, 6.07) is 10.0. The zero-order valence-corrected chi connectivity index (χ0v) is 16.1. The first-order chi connectivity index (χ1) is 10.2. The summed E-state index contributed by atoms with van der Waals surface area (Å²) in [6.07, 6.45) is 3.01. The van der Waals surface area contributed by atoms with Gasteiger partial charge in [0.25, 0.3) is 0 Å². The highest BCUT2D eigenvalue weighted by Gasteiger charge is 2.08. The largest absolute Gasteiger partial charge is 0.460 e. The van der Waals surface area contributed by atoms with Crippen LogP contribution in [0.15, 0.2) is 43.7 Å². The van der Waals surface area contributed by atoms with Gasteiger partial charge in [0.05, 0.1) is 6.54 Å². The molecule has 2 rings (SSSR count). The van der Waals surface area contributed by atoms with Crippen LogP contribution in [0.5, 0.6) is 0 Å². The summed E-state index contributed by atoms with van der Waals surface area (Å²) in [5, 5.41) is 12.1. The van der Waals surface area contributed by atoms with Crippen LogP contribution in [0.3, 0.4) is 0 Å². The summed E-state index contributed by atoms with van der Waals surface area (Å²) in [4.78, 5) is 0. The van der Waals surface area contributed by atoms with Crippen molar-refractivity contribution in [1.29, 1.82) is 0 Å². The van der Waals surface area contributed by atoms with E-state index >= 15 is 0 Å². The van der Waals surface area contributed by atoms with E-state index in [1.54, 1.807) is 0 Å². The number of benzene rings is 1. The van der Waals surface area contributed by atoms with E-state index in [1.165, 1.54) is 0 Å². The van der Waals surface area contributed by atoms with E-state index in [0.717, 1.165) is 58.4 Å². The molecule has 0 fully saturated rings. The van der Waals surface area contributed by atoms with Gasteiger partial charge in [0.2, 0.25) is 0 Å². The van der Waals surface area contributed by atoms with Crippen LogP contribution in [-0.2, 0) is 6.54 Å². The van der Waals surface area contributed by atoms with Crippen LogP contribution in [0.25, 0.3) is 11.3 Å². The van der Waals surface area contributed by atoms with Crippen LogP contribution < -0.4 is 5.32 Å². The van der Waals surface area contributed by atoms with E-state index in [0.29, 0.717) is 0 Å². The molecule has 0 radical (unpaired) electrons. The third kappa shape index (κ3) is 6.05. The molecule has 0 aliphatic rings. The molecule has 1 heterocycles. The van der Waals surface area contributed by atoms with Gasteiger partial charge in [0, 0.05) is 21.1 Å². The number of nitrogens with one attached hydrogen (secondary N) is 1. The number of hydrogen-bond acceptors (Lipinski definition) is 3. The number of rotatable bonds is 8. The lowest BCUT2D eigenvalue weighted by atomic mass is 10.2. The van der Waals surface area contributed by atoms with Gasteiger partial charge in [-0.3, -0.25) is 0 Å². The van der Waals surface area contributed by atoms with Crippen LogP contribution in [0.2, 0.25) is 0 Å². The standard InChI is InChI=1S/C16H19Br2NO2.ClH/c17-12-4-6-14(15(18)10-12)16-7-5-13(21-16)11-19-8-2-1-3-9-20;/h4-7,10,19-20H,1-3,8-9,11H2;1H. The molecule has 6 heteroatoms. The average Bonchev–Trinajstić information content (AvgIpc) is 2.91. The molecule has 0 spiro atoms. The van der Waals surface area contributed by atoms with Crippen LogP contribution in [0, 0.1) is 0 Å². The first-order valence-electron chi connectivity index (χ1n) is 7.06. The minimum absolute atomic E-state index is 0. The van der Waals surface area contributed by atoms with Gasteiger partial charge in [0.15, 0.2) is 0 Å². The van der Waals surface area contributed by atoms with Crippen molar-refractivity contribution < 1.29 is 9.52 Å². The number of aliphatic hydroxyl groups is 1. The summed E-state index contributed by atoms with van der Waals surface area (Å²) in [7, 11) is 0. The van der Waals surface area contributed by atoms with Gasteiger partial charge in [-0.05, 0) is 72.1 Å². The second kappa shape index (κ2) is 10.4. The lowest BCUT2D eigenvalue weighted by molar-refractivity contribution is 0.282. The fraction of sp³-hybridized carbons (Fsp3) is 0.375. The molecule has 3 nitrogen and oxygen atoms in total. The molecule has 2 aromatic rings. The lowest BCUT2D eigenvalue weighted by Gasteiger charge is -2.03. The summed E-state index contributed by atoms with van der Waals surface area (Å²) >= 11 is 7.00. The van der Waals surface area contributed by atoms with E-state index in [1.807, 2.05) is 30.3 Å². The predicted molar refractivity (Wildman–Crippen MR) is 99.4 cm³/mol. The Morgan fingerprint density at radius 3 is 2.59 bits per heavy atom. The van der Waals surface area contributed by atoms with Crippen molar-refractivity contribution in [3.8, 4) is 11.3 Å². The average molecular weight is 454 g/mol. The maximum absolute atomic E-state index is 8.71. The molecule has 0 bridgehead atoms. The number of unbranched alkanes of at least 4 members (excludes halogenated alkanes) is 2. The van der Waals surface area contributed by atoms with Crippen molar-refractivity contribution in [1.82, 2.24) is 5.32 Å². The molecular formula is C16H20Br2ClNO2. The molecule has 0 amide bonds. The van der Waals surface area contributed by atoms with E-state index in [-0.39, 0.29) is 19.0 Å². The molecule has 1 aromatic heterocycles. The summed E-state index contributed by atoms with van der Waals surface area (Å²) < 4.78 is 7.92. The third-order valence-corrected chi connectivity index (χ3v) is 4.32. The molecule has 0 atom stereocenters. The Morgan fingerprint density at radius 1 is 1.05 bits per heavy atom. The van der Waals surface area contributed by atoms with Gasteiger partial charge >= 0.3 is 0 Å². The summed E-state index contributed by atoms with van der Waals surface area (Å²) in [5.74, 6) is 1.80. The molecule has 1 aromatic carbocycles. The molecule has 0 aliphatic carbocycles. The molecule has 122 valence electrons. The molecule has 0 aliphatic heterocycles. The van der Waals surface area contributed by atoms with Crippen LogP contribution >= 0.6 is 44.3 Å². The van der Waals surface area contributed by atoms with Crippen LogP contribution in [-0.4, -0.2) is 18.3 Å².